The van der Waals surface area contributed by atoms with Gasteiger partial charge in [-0.05, 0) is 32.2 Å². The zero-order valence-corrected chi connectivity index (χ0v) is 17.6. The van der Waals surface area contributed by atoms with Gasteiger partial charge in [-0.3, -0.25) is 19.3 Å². The number of aliphatic carboxylic acids is 1. The maximum atomic E-state index is 12.6. The predicted molar refractivity (Wildman–Crippen MR) is 99.5 cm³/mol. The van der Waals surface area contributed by atoms with Crippen LogP contribution < -0.4 is 0 Å². The number of hydrogen-bond donors (Lipinski definition) is 1. The maximum Gasteiger partial charge on any atom is 0.490 e. The van der Waals surface area contributed by atoms with Gasteiger partial charge < -0.3 is 14.7 Å². The molecule has 1 spiro atoms. The van der Waals surface area contributed by atoms with Crippen molar-refractivity contribution in [3.05, 3.63) is 0 Å². The highest BCUT2D eigenvalue weighted by molar-refractivity contribution is 5.83. The summed E-state index contributed by atoms with van der Waals surface area (Å²) >= 11 is 0. The van der Waals surface area contributed by atoms with Crippen LogP contribution in [0.1, 0.15) is 26.2 Å². The van der Waals surface area contributed by atoms with Crippen molar-refractivity contribution in [1.29, 1.82) is 0 Å². The number of morpholine rings is 1. The molecule has 0 aromatic carbocycles. The molecule has 3 heterocycles. The summed E-state index contributed by atoms with van der Waals surface area (Å²) in [6, 6.07) is -0.290. The number of likely N-dealkylation sites (tertiary alicyclic amines) is 1. The molecule has 9 nitrogen and oxygen atoms in total. The second-order valence-electron chi connectivity index (χ2n) is 8.72. The Morgan fingerprint density at radius 2 is 1.71 bits per heavy atom. The second kappa shape index (κ2) is 8.91. The van der Waals surface area contributed by atoms with E-state index in [1.807, 2.05) is 11.9 Å². The second-order valence-corrected chi connectivity index (χ2v) is 8.72. The summed E-state index contributed by atoms with van der Waals surface area (Å²) in [6.07, 6.45) is -2.06. The molecule has 176 valence electrons. The van der Waals surface area contributed by atoms with Gasteiger partial charge in [-0.2, -0.15) is 13.2 Å². The fourth-order valence-electron chi connectivity index (χ4n) is 4.09. The summed E-state index contributed by atoms with van der Waals surface area (Å²) in [5.74, 6) is -1.72. The molecule has 4 aliphatic rings. The highest BCUT2D eigenvalue weighted by atomic mass is 19.4. The van der Waals surface area contributed by atoms with Crippen LogP contribution in [0.4, 0.5) is 13.2 Å². The quantitative estimate of drug-likeness (QED) is 0.661. The summed E-state index contributed by atoms with van der Waals surface area (Å²) in [4.78, 5) is 43.2. The van der Waals surface area contributed by atoms with Gasteiger partial charge in [-0.25, -0.2) is 9.86 Å². The van der Waals surface area contributed by atoms with E-state index in [-0.39, 0.29) is 29.4 Å². The van der Waals surface area contributed by atoms with E-state index in [0.29, 0.717) is 45.3 Å². The van der Waals surface area contributed by atoms with Crippen molar-refractivity contribution in [3.63, 3.8) is 0 Å². The van der Waals surface area contributed by atoms with Crippen molar-refractivity contribution in [2.45, 2.75) is 44.0 Å². The van der Waals surface area contributed by atoms with Crippen molar-refractivity contribution >= 4 is 17.8 Å². The van der Waals surface area contributed by atoms with E-state index < -0.39 is 12.1 Å². The minimum atomic E-state index is -5.08. The number of carbonyl (C=O) groups excluding carboxylic acids is 2. The molecule has 0 radical (unpaired) electrons. The van der Waals surface area contributed by atoms with Gasteiger partial charge in [0.1, 0.15) is 11.6 Å². The lowest BCUT2D eigenvalue weighted by atomic mass is 9.90. The number of carboxylic acids is 1. The molecule has 4 fully saturated rings. The standard InChI is InChI=1S/C17H27N3O4.C2HF3O2/c1-12-7-13(12)15(21)19-10-17(11-19)9-18(2)14(8-23-17)16(22)20-5-3-4-6-24-20;3-2(4,5)1(6)7/h12-14H,3-11H2,1-2H3;(H,6,7). The number of hydroxylamine groups is 2. The Bertz CT molecular complexity index is 706. The topological polar surface area (TPSA) is 99.6 Å². The number of amides is 2. The van der Waals surface area contributed by atoms with Crippen LogP contribution >= 0.6 is 0 Å². The summed E-state index contributed by atoms with van der Waals surface area (Å²) in [5.41, 5.74) is -0.290. The molecule has 4 rings (SSSR count). The first kappa shape index (κ1) is 23.7. The monoisotopic (exact) mass is 451 g/mol. The maximum absolute atomic E-state index is 12.6. The van der Waals surface area contributed by atoms with E-state index in [9.17, 15) is 22.8 Å². The van der Waals surface area contributed by atoms with Gasteiger partial charge in [0, 0.05) is 19.0 Å². The Kier molecular flexibility index (Phi) is 6.82. The van der Waals surface area contributed by atoms with Crippen molar-refractivity contribution in [2.75, 3.05) is 46.4 Å². The average molecular weight is 451 g/mol. The molecule has 1 N–H and O–H groups in total. The molecule has 3 atom stereocenters. The van der Waals surface area contributed by atoms with Crippen LogP contribution in [0, 0.1) is 11.8 Å². The zero-order valence-electron chi connectivity index (χ0n) is 17.6. The van der Waals surface area contributed by atoms with Crippen LogP contribution in [0.5, 0.6) is 0 Å². The van der Waals surface area contributed by atoms with Crippen LogP contribution in [0.25, 0.3) is 0 Å². The van der Waals surface area contributed by atoms with E-state index in [1.165, 1.54) is 5.06 Å². The number of hydrogen-bond acceptors (Lipinski definition) is 6. The van der Waals surface area contributed by atoms with E-state index in [2.05, 4.69) is 11.8 Å². The normalized spacial score (nSPS) is 30.2. The van der Waals surface area contributed by atoms with Crippen molar-refractivity contribution < 1.29 is 42.2 Å². The van der Waals surface area contributed by atoms with E-state index in [0.717, 1.165) is 19.3 Å². The summed E-state index contributed by atoms with van der Waals surface area (Å²) in [6.45, 7) is 5.76. The number of carbonyl (C=O) groups is 3. The van der Waals surface area contributed by atoms with Crippen LogP contribution in [0.2, 0.25) is 0 Å². The number of carboxylic acid groups (broad SMARTS) is 1. The molecule has 3 unspecified atom stereocenters. The molecule has 0 aromatic heterocycles. The highest BCUT2D eigenvalue weighted by Crippen LogP contribution is 2.42. The molecule has 1 saturated carbocycles. The minimum Gasteiger partial charge on any atom is -0.475 e. The largest absolute Gasteiger partial charge is 0.490 e. The number of likely N-dealkylation sites (N-methyl/N-ethyl adjacent to an activating group) is 1. The fourth-order valence-corrected chi connectivity index (χ4v) is 4.09. The van der Waals surface area contributed by atoms with Gasteiger partial charge in [-0.15, -0.1) is 0 Å². The lowest BCUT2D eigenvalue weighted by Gasteiger charge is -2.55. The molecular formula is C19H28F3N3O6. The van der Waals surface area contributed by atoms with Gasteiger partial charge >= 0.3 is 12.1 Å². The average Bonchev–Trinajstić information content (AvgIpc) is 3.42. The van der Waals surface area contributed by atoms with Gasteiger partial charge in [0.15, 0.2) is 0 Å². The Hall–Kier alpha value is -1.92. The Morgan fingerprint density at radius 1 is 1.10 bits per heavy atom. The first-order valence-electron chi connectivity index (χ1n) is 10.3. The number of ether oxygens (including phenoxy) is 1. The summed E-state index contributed by atoms with van der Waals surface area (Å²) in [7, 11) is 1.96. The zero-order chi connectivity index (χ0) is 23.0. The first-order valence-corrected chi connectivity index (χ1v) is 10.3. The van der Waals surface area contributed by atoms with Gasteiger partial charge in [0.05, 0.1) is 26.3 Å². The molecule has 2 amide bonds. The van der Waals surface area contributed by atoms with E-state index in [1.54, 1.807) is 0 Å². The molecule has 12 heteroatoms. The van der Waals surface area contributed by atoms with E-state index in [4.69, 9.17) is 19.5 Å². The third-order valence-electron chi connectivity index (χ3n) is 6.09. The Labute approximate surface area is 178 Å². The van der Waals surface area contributed by atoms with Crippen LogP contribution in [0.15, 0.2) is 0 Å². The van der Waals surface area contributed by atoms with Gasteiger partial charge in [0.25, 0.3) is 5.91 Å². The number of halogens is 3. The van der Waals surface area contributed by atoms with Gasteiger partial charge in [0.2, 0.25) is 5.91 Å². The van der Waals surface area contributed by atoms with Crippen molar-refractivity contribution in [2.24, 2.45) is 11.8 Å². The van der Waals surface area contributed by atoms with Crippen molar-refractivity contribution in [1.82, 2.24) is 14.9 Å². The highest BCUT2D eigenvalue weighted by Gasteiger charge is 2.54. The molecular weight excluding hydrogens is 423 g/mol. The summed E-state index contributed by atoms with van der Waals surface area (Å²) < 4.78 is 37.8. The molecule has 1 aliphatic carbocycles. The SMILES string of the molecule is CC1CC1C(=O)N1CC2(C1)CN(C)C(C(=O)N1CCCCO1)CO2.O=C(O)C(F)(F)F. The third-order valence-corrected chi connectivity index (χ3v) is 6.09. The first-order chi connectivity index (χ1) is 14.4. The molecule has 0 aromatic rings. The Morgan fingerprint density at radius 3 is 2.16 bits per heavy atom. The lowest BCUT2D eigenvalue weighted by molar-refractivity contribution is -0.224. The number of nitrogens with zero attached hydrogens (tertiary/aromatic N) is 3. The van der Waals surface area contributed by atoms with E-state index >= 15 is 0 Å². The van der Waals surface area contributed by atoms with Crippen LogP contribution in [-0.4, -0.2) is 102 Å². The molecule has 3 aliphatic heterocycles. The lowest BCUT2D eigenvalue weighted by Crippen LogP contribution is -2.73. The number of rotatable bonds is 2. The minimum absolute atomic E-state index is 0.00823. The third kappa shape index (κ3) is 5.47. The molecule has 0 bridgehead atoms. The van der Waals surface area contributed by atoms with Crippen LogP contribution in [0.3, 0.4) is 0 Å². The van der Waals surface area contributed by atoms with Crippen molar-refractivity contribution in [3.8, 4) is 0 Å². The smallest absolute Gasteiger partial charge is 0.475 e. The predicted octanol–water partition coefficient (Wildman–Crippen LogP) is 0.741. The molecule has 3 saturated heterocycles. The Balaban J connectivity index is 0.000000339. The molecule has 31 heavy (non-hydrogen) atoms. The fraction of sp³-hybridized carbons (Fsp3) is 0.842. The van der Waals surface area contributed by atoms with Gasteiger partial charge in [-0.1, -0.05) is 6.92 Å². The van der Waals surface area contributed by atoms with Crippen LogP contribution in [-0.2, 0) is 24.0 Å². The summed E-state index contributed by atoms with van der Waals surface area (Å²) in [5, 5.41) is 8.62. The number of alkyl halides is 3.